The van der Waals surface area contributed by atoms with Gasteiger partial charge >= 0.3 is 12.1 Å². The summed E-state index contributed by atoms with van der Waals surface area (Å²) < 4.78 is 40.5. The van der Waals surface area contributed by atoms with Crippen LogP contribution < -0.4 is 0 Å². The molecule has 0 aliphatic heterocycles. The number of carbonyl (C=O) groups is 3. The van der Waals surface area contributed by atoms with Gasteiger partial charge in [0.1, 0.15) is 0 Å². The Morgan fingerprint density at radius 3 is 2.00 bits per heavy atom. The van der Waals surface area contributed by atoms with E-state index in [1.165, 1.54) is 13.2 Å². The van der Waals surface area contributed by atoms with Crippen molar-refractivity contribution in [1.29, 1.82) is 0 Å². The van der Waals surface area contributed by atoms with E-state index in [1.54, 1.807) is 13.0 Å². The second kappa shape index (κ2) is 12.2. The summed E-state index contributed by atoms with van der Waals surface area (Å²) in [6.45, 7) is 3.79. The van der Waals surface area contributed by atoms with Crippen molar-refractivity contribution in [3.63, 3.8) is 0 Å². The SMILES string of the molecule is C.COC(=O)C1CC(C)C1.Cc1cccc(C(F)(F)F)c1.O=CC=O. The molecule has 4 nitrogen and oxygen atoms in total. The van der Waals surface area contributed by atoms with Crippen molar-refractivity contribution in [3.8, 4) is 0 Å². The third kappa shape index (κ3) is 10.3. The topological polar surface area (TPSA) is 60.4 Å². The van der Waals surface area contributed by atoms with E-state index in [-0.39, 0.29) is 31.9 Å². The minimum Gasteiger partial charge on any atom is -0.469 e. The van der Waals surface area contributed by atoms with Crippen LogP contribution in [-0.4, -0.2) is 25.7 Å². The lowest BCUT2D eigenvalue weighted by Gasteiger charge is -2.29. The van der Waals surface area contributed by atoms with Gasteiger partial charge in [0.05, 0.1) is 18.6 Å². The molecule has 0 bridgehead atoms. The van der Waals surface area contributed by atoms with Crippen LogP contribution in [0.2, 0.25) is 0 Å². The summed E-state index contributed by atoms with van der Waals surface area (Å²) in [5.74, 6) is 0.909. The zero-order valence-corrected chi connectivity index (χ0v) is 13.8. The molecule has 0 N–H and O–H groups in total. The van der Waals surface area contributed by atoms with Crippen molar-refractivity contribution in [1.82, 2.24) is 0 Å². The first kappa shape index (κ1) is 25.1. The molecule has 1 aliphatic rings. The second-order valence-corrected chi connectivity index (χ2v) is 5.44. The van der Waals surface area contributed by atoms with E-state index >= 15 is 0 Å². The summed E-state index contributed by atoms with van der Waals surface area (Å²) in [6, 6.07) is 5.22. The number of alkyl halides is 3. The Morgan fingerprint density at radius 2 is 1.72 bits per heavy atom. The predicted octanol–water partition coefficient (Wildman–Crippen LogP) is 4.24. The monoisotopic (exact) mass is 362 g/mol. The van der Waals surface area contributed by atoms with Gasteiger partial charge in [-0.05, 0) is 31.7 Å². The zero-order chi connectivity index (χ0) is 18.8. The number of ether oxygens (including phenoxy) is 1. The number of aldehydes is 2. The molecule has 0 atom stereocenters. The van der Waals surface area contributed by atoms with Crippen LogP contribution >= 0.6 is 0 Å². The quantitative estimate of drug-likeness (QED) is 0.449. The number of carbonyl (C=O) groups excluding carboxylic acids is 3. The van der Waals surface area contributed by atoms with E-state index < -0.39 is 11.7 Å². The first-order valence-corrected chi connectivity index (χ1v) is 7.26. The summed E-state index contributed by atoms with van der Waals surface area (Å²) in [4.78, 5) is 28.3. The number of rotatable bonds is 2. The Morgan fingerprint density at radius 1 is 1.20 bits per heavy atom. The molecule has 0 aromatic heterocycles. The highest BCUT2D eigenvalue weighted by Gasteiger charge is 2.32. The molecule has 7 heteroatoms. The fourth-order valence-corrected chi connectivity index (χ4v) is 2.08. The standard InChI is InChI=1S/C8H7F3.C7H12O2.C2H2O2.CH4/c1-6-3-2-4-7(5-6)8(9,10)11;1-5-3-6(4-5)7(8)9-2;3-1-2-4;/h2-5H,1H3;5-6H,3-4H2,1-2H3;1-2H;1H4. The van der Waals surface area contributed by atoms with Gasteiger partial charge in [-0.3, -0.25) is 14.4 Å². The van der Waals surface area contributed by atoms with E-state index in [0.717, 1.165) is 30.9 Å². The molecule has 1 aromatic carbocycles. The van der Waals surface area contributed by atoms with Crippen LogP contribution in [-0.2, 0) is 25.3 Å². The van der Waals surface area contributed by atoms with Crippen LogP contribution in [0.15, 0.2) is 24.3 Å². The Kier molecular flexibility index (Phi) is 12.3. The van der Waals surface area contributed by atoms with Crippen LogP contribution in [0.4, 0.5) is 13.2 Å². The summed E-state index contributed by atoms with van der Waals surface area (Å²) in [5, 5.41) is 0. The van der Waals surface area contributed by atoms with E-state index in [2.05, 4.69) is 11.7 Å². The molecular weight excluding hydrogens is 337 g/mol. The van der Waals surface area contributed by atoms with Gasteiger partial charge in [0.15, 0.2) is 12.6 Å². The molecule has 2 rings (SSSR count). The molecule has 0 amide bonds. The lowest BCUT2D eigenvalue weighted by atomic mass is 9.76. The molecule has 1 saturated carbocycles. The molecule has 1 aliphatic carbocycles. The largest absolute Gasteiger partial charge is 0.469 e. The van der Waals surface area contributed by atoms with Crippen molar-refractivity contribution in [2.45, 2.75) is 40.3 Å². The van der Waals surface area contributed by atoms with Gasteiger partial charge in [0.2, 0.25) is 0 Å². The van der Waals surface area contributed by atoms with Crippen molar-refractivity contribution < 1.29 is 32.3 Å². The normalized spacial score (nSPS) is 17.8. The van der Waals surface area contributed by atoms with Crippen LogP contribution in [0.3, 0.4) is 0 Å². The number of esters is 1. The summed E-state index contributed by atoms with van der Waals surface area (Å²) in [5.41, 5.74) is 0.0392. The summed E-state index contributed by atoms with van der Waals surface area (Å²) in [6.07, 6.45) is -1.79. The highest BCUT2D eigenvalue weighted by molar-refractivity contribution is 6.09. The fourth-order valence-electron chi connectivity index (χ4n) is 2.08. The molecular formula is C18H25F3O4. The highest BCUT2D eigenvalue weighted by Crippen LogP contribution is 2.33. The van der Waals surface area contributed by atoms with Gasteiger partial charge < -0.3 is 4.74 Å². The number of hydrogen-bond acceptors (Lipinski definition) is 4. The van der Waals surface area contributed by atoms with E-state index in [1.807, 2.05) is 0 Å². The van der Waals surface area contributed by atoms with Crippen LogP contribution in [0.1, 0.15) is 38.3 Å². The molecule has 0 radical (unpaired) electrons. The third-order valence-electron chi connectivity index (χ3n) is 3.31. The average molecular weight is 362 g/mol. The van der Waals surface area contributed by atoms with Gasteiger partial charge in [-0.1, -0.05) is 38.1 Å². The number of hydrogen-bond donors (Lipinski definition) is 0. The second-order valence-electron chi connectivity index (χ2n) is 5.44. The van der Waals surface area contributed by atoms with Crippen LogP contribution in [0.5, 0.6) is 0 Å². The minimum atomic E-state index is -4.22. The number of benzene rings is 1. The molecule has 142 valence electrons. The summed E-state index contributed by atoms with van der Waals surface area (Å²) in [7, 11) is 1.45. The van der Waals surface area contributed by atoms with E-state index in [0.29, 0.717) is 5.56 Å². The maximum Gasteiger partial charge on any atom is 0.416 e. The Hall–Kier alpha value is -2.18. The van der Waals surface area contributed by atoms with Crippen molar-refractivity contribution in [2.24, 2.45) is 11.8 Å². The van der Waals surface area contributed by atoms with Gasteiger partial charge in [-0.25, -0.2) is 0 Å². The number of methoxy groups -OCH3 is 1. The number of halogens is 3. The number of aryl methyl sites for hydroxylation is 1. The van der Waals surface area contributed by atoms with Crippen LogP contribution in [0, 0.1) is 18.8 Å². The van der Waals surface area contributed by atoms with E-state index in [9.17, 15) is 18.0 Å². The lowest BCUT2D eigenvalue weighted by Crippen LogP contribution is -2.29. The maximum atomic E-state index is 12.0. The maximum absolute atomic E-state index is 12.0. The molecule has 0 spiro atoms. The molecule has 0 heterocycles. The van der Waals surface area contributed by atoms with Crippen molar-refractivity contribution in [3.05, 3.63) is 35.4 Å². The van der Waals surface area contributed by atoms with Gasteiger partial charge in [-0.15, -0.1) is 0 Å². The van der Waals surface area contributed by atoms with Crippen molar-refractivity contribution in [2.75, 3.05) is 7.11 Å². The first-order chi connectivity index (χ1) is 11.1. The highest BCUT2D eigenvalue weighted by atomic mass is 19.4. The van der Waals surface area contributed by atoms with Crippen molar-refractivity contribution >= 4 is 18.5 Å². The average Bonchev–Trinajstić information content (AvgIpc) is 2.51. The minimum absolute atomic E-state index is 0. The third-order valence-corrected chi connectivity index (χ3v) is 3.31. The summed E-state index contributed by atoms with van der Waals surface area (Å²) >= 11 is 0. The fraction of sp³-hybridized carbons (Fsp3) is 0.500. The Bertz CT molecular complexity index is 529. The molecule has 0 unspecified atom stereocenters. The zero-order valence-electron chi connectivity index (χ0n) is 13.8. The Labute approximate surface area is 146 Å². The lowest BCUT2D eigenvalue weighted by molar-refractivity contribution is -0.149. The first-order valence-electron chi connectivity index (χ1n) is 7.26. The molecule has 1 fully saturated rings. The van der Waals surface area contributed by atoms with Crippen LogP contribution in [0.25, 0.3) is 0 Å². The van der Waals surface area contributed by atoms with Gasteiger partial charge in [0.25, 0.3) is 0 Å². The smallest absolute Gasteiger partial charge is 0.416 e. The Balaban J connectivity index is 0. The molecule has 1 aromatic rings. The molecule has 0 saturated heterocycles. The molecule has 25 heavy (non-hydrogen) atoms. The predicted molar refractivity (Wildman–Crippen MR) is 88.9 cm³/mol. The van der Waals surface area contributed by atoms with Gasteiger partial charge in [0, 0.05) is 0 Å². The van der Waals surface area contributed by atoms with Gasteiger partial charge in [-0.2, -0.15) is 13.2 Å². The van der Waals surface area contributed by atoms with E-state index in [4.69, 9.17) is 9.59 Å².